The second kappa shape index (κ2) is 6.94. The molecule has 0 aromatic heterocycles. The molecule has 2 aliphatic carbocycles. The highest BCUT2D eigenvalue weighted by Crippen LogP contribution is 2.33. The quantitative estimate of drug-likeness (QED) is 0.815. The molecule has 21 heavy (non-hydrogen) atoms. The van der Waals surface area contributed by atoms with Crippen LogP contribution in [0.25, 0.3) is 0 Å². The Morgan fingerprint density at radius 3 is 2.24 bits per heavy atom. The minimum atomic E-state index is -3.52. The minimum absolute atomic E-state index is 0.106. The molecule has 0 unspecified atom stereocenters. The maximum absolute atomic E-state index is 12.6. The molecule has 2 aliphatic rings. The van der Waals surface area contributed by atoms with E-state index in [0.29, 0.717) is 5.92 Å². The molecule has 0 radical (unpaired) electrons. The van der Waals surface area contributed by atoms with Gasteiger partial charge in [-0.2, -0.15) is 17.4 Å². The predicted octanol–water partition coefficient (Wildman–Crippen LogP) is 2.03. The van der Waals surface area contributed by atoms with Crippen molar-refractivity contribution in [1.29, 1.82) is 0 Å². The van der Waals surface area contributed by atoms with Crippen LogP contribution in [0.1, 0.15) is 64.7 Å². The molecule has 0 heterocycles. The summed E-state index contributed by atoms with van der Waals surface area (Å²) in [4.78, 5) is 0. The van der Waals surface area contributed by atoms with Gasteiger partial charge in [-0.1, -0.05) is 26.2 Å². The fourth-order valence-corrected chi connectivity index (χ4v) is 5.16. The first kappa shape index (κ1) is 17.2. The molecule has 6 heteroatoms. The van der Waals surface area contributed by atoms with E-state index in [4.69, 9.17) is 0 Å². The second-order valence-electron chi connectivity index (χ2n) is 7.04. The van der Waals surface area contributed by atoms with Crippen molar-refractivity contribution in [2.24, 2.45) is 5.92 Å². The lowest BCUT2D eigenvalue weighted by Gasteiger charge is -2.40. The van der Waals surface area contributed by atoms with Crippen molar-refractivity contribution >= 4 is 10.2 Å². The SMILES string of the molecule is CC1CCC(CO)(NS(=O)(=O)N(C)C2CCCCC2)CC1. The van der Waals surface area contributed by atoms with E-state index in [9.17, 15) is 13.5 Å². The van der Waals surface area contributed by atoms with E-state index >= 15 is 0 Å². The number of aliphatic hydroxyl groups is 1. The lowest BCUT2D eigenvalue weighted by Crippen LogP contribution is -2.57. The molecule has 0 atom stereocenters. The molecule has 124 valence electrons. The summed E-state index contributed by atoms with van der Waals surface area (Å²) in [6.07, 6.45) is 8.69. The van der Waals surface area contributed by atoms with Gasteiger partial charge in [0, 0.05) is 13.1 Å². The zero-order valence-corrected chi connectivity index (χ0v) is 14.2. The van der Waals surface area contributed by atoms with Crippen molar-refractivity contribution in [3.63, 3.8) is 0 Å². The van der Waals surface area contributed by atoms with Gasteiger partial charge in [-0.15, -0.1) is 0 Å². The lowest BCUT2D eigenvalue weighted by molar-refractivity contribution is 0.122. The van der Waals surface area contributed by atoms with E-state index in [-0.39, 0.29) is 12.6 Å². The maximum Gasteiger partial charge on any atom is 0.280 e. The number of hydrogen-bond acceptors (Lipinski definition) is 3. The normalized spacial score (nSPS) is 32.5. The highest BCUT2D eigenvalue weighted by Gasteiger charge is 2.39. The minimum Gasteiger partial charge on any atom is -0.394 e. The van der Waals surface area contributed by atoms with Crippen LogP contribution in [0.2, 0.25) is 0 Å². The van der Waals surface area contributed by atoms with E-state index in [2.05, 4.69) is 11.6 Å². The van der Waals surface area contributed by atoms with Crippen LogP contribution in [0, 0.1) is 5.92 Å². The molecule has 0 amide bonds. The van der Waals surface area contributed by atoms with E-state index < -0.39 is 15.7 Å². The molecule has 2 saturated carbocycles. The van der Waals surface area contributed by atoms with Crippen LogP contribution in [0.4, 0.5) is 0 Å². The first-order valence-corrected chi connectivity index (χ1v) is 9.70. The van der Waals surface area contributed by atoms with Crippen LogP contribution in [0.3, 0.4) is 0 Å². The Morgan fingerprint density at radius 2 is 1.71 bits per heavy atom. The standard InChI is InChI=1S/C15H30N2O3S/c1-13-8-10-15(12-18,11-9-13)16-21(19,20)17(2)14-6-4-3-5-7-14/h13-14,16,18H,3-12H2,1-2H3. The summed E-state index contributed by atoms with van der Waals surface area (Å²) in [5, 5.41) is 9.74. The van der Waals surface area contributed by atoms with Crippen LogP contribution in [-0.4, -0.2) is 43.1 Å². The molecular weight excluding hydrogens is 288 g/mol. The van der Waals surface area contributed by atoms with Crippen LogP contribution in [-0.2, 0) is 10.2 Å². The van der Waals surface area contributed by atoms with Gasteiger partial charge < -0.3 is 5.11 Å². The lowest BCUT2D eigenvalue weighted by atomic mass is 9.78. The zero-order valence-electron chi connectivity index (χ0n) is 13.3. The summed E-state index contributed by atoms with van der Waals surface area (Å²) in [6.45, 7) is 2.07. The van der Waals surface area contributed by atoms with Gasteiger partial charge in [0.2, 0.25) is 0 Å². The molecule has 0 spiro atoms. The fourth-order valence-electron chi connectivity index (χ4n) is 3.59. The average Bonchev–Trinajstić information content (AvgIpc) is 2.50. The average molecular weight is 318 g/mol. The molecule has 0 aliphatic heterocycles. The number of hydrogen-bond donors (Lipinski definition) is 2. The second-order valence-corrected chi connectivity index (χ2v) is 8.77. The first-order valence-electron chi connectivity index (χ1n) is 8.26. The summed E-state index contributed by atoms with van der Waals surface area (Å²) >= 11 is 0. The van der Waals surface area contributed by atoms with E-state index in [1.165, 1.54) is 10.7 Å². The van der Waals surface area contributed by atoms with Gasteiger partial charge >= 0.3 is 0 Å². The van der Waals surface area contributed by atoms with Crippen LogP contribution in [0.5, 0.6) is 0 Å². The van der Waals surface area contributed by atoms with Gasteiger partial charge in [0.1, 0.15) is 0 Å². The Hall–Kier alpha value is -0.170. The van der Waals surface area contributed by atoms with Gasteiger partial charge in [-0.05, 0) is 44.4 Å². The summed E-state index contributed by atoms with van der Waals surface area (Å²) in [5.74, 6) is 0.616. The van der Waals surface area contributed by atoms with Gasteiger partial charge in [-0.25, -0.2) is 0 Å². The third-order valence-corrected chi connectivity index (χ3v) is 7.09. The van der Waals surface area contributed by atoms with E-state index in [1.807, 2.05) is 0 Å². The molecule has 0 aromatic rings. The molecule has 5 nitrogen and oxygen atoms in total. The topological polar surface area (TPSA) is 69.6 Å². The van der Waals surface area contributed by atoms with Crippen LogP contribution in [0.15, 0.2) is 0 Å². The van der Waals surface area contributed by atoms with Crippen LogP contribution < -0.4 is 4.72 Å². The number of nitrogens with one attached hydrogen (secondary N) is 1. The monoisotopic (exact) mass is 318 g/mol. The largest absolute Gasteiger partial charge is 0.394 e. The molecule has 0 aromatic carbocycles. The third-order valence-electron chi connectivity index (χ3n) is 5.35. The molecule has 2 fully saturated rings. The van der Waals surface area contributed by atoms with Crippen molar-refractivity contribution < 1.29 is 13.5 Å². The van der Waals surface area contributed by atoms with Crippen molar-refractivity contribution in [3.8, 4) is 0 Å². The predicted molar refractivity (Wildman–Crippen MR) is 84.1 cm³/mol. The summed E-state index contributed by atoms with van der Waals surface area (Å²) in [5.41, 5.74) is -0.658. The van der Waals surface area contributed by atoms with Gasteiger partial charge in [0.05, 0.1) is 12.1 Å². The van der Waals surface area contributed by atoms with Crippen molar-refractivity contribution in [2.75, 3.05) is 13.7 Å². The number of rotatable bonds is 5. The van der Waals surface area contributed by atoms with Crippen molar-refractivity contribution in [3.05, 3.63) is 0 Å². The third kappa shape index (κ3) is 4.18. The summed E-state index contributed by atoms with van der Waals surface area (Å²) < 4.78 is 29.6. The summed E-state index contributed by atoms with van der Waals surface area (Å²) in [7, 11) is -1.85. The fraction of sp³-hybridized carbons (Fsp3) is 1.00. The Morgan fingerprint density at radius 1 is 1.14 bits per heavy atom. The van der Waals surface area contributed by atoms with Gasteiger partial charge in [-0.3, -0.25) is 0 Å². The van der Waals surface area contributed by atoms with Crippen LogP contribution >= 0.6 is 0 Å². The maximum atomic E-state index is 12.6. The van der Waals surface area contributed by atoms with Crippen molar-refractivity contribution in [1.82, 2.24) is 9.03 Å². The molecular formula is C15H30N2O3S. The molecule has 0 bridgehead atoms. The molecule has 0 saturated heterocycles. The highest BCUT2D eigenvalue weighted by molar-refractivity contribution is 7.87. The Kier molecular flexibility index (Phi) is 5.68. The smallest absolute Gasteiger partial charge is 0.280 e. The Bertz CT molecular complexity index is 424. The van der Waals surface area contributed by atoms with Gasteiger partial charge in [0.25, 0.3) is 10.2 Å². The Labute approximate surface area is 129 Å². The zero-order chi connectivity index (χ0) is 15.5. The molecule has 2 N–H and O–H groups in total. The number of aliphatic hydroxyl groups excluding tert-OH is 1. The highest BCUT2D eigenvalue weighted by atomic mass is 32.2. The summed E-state index contributed by atoms with van der Waals surface area (Å²) in [6, 6.07) is 0.106. The van der Waals surface area contributed by atoms with Gasteiger partial charge in [0.15, 0.2) is 0 Å². The number of nitrogens with zero attached hydrogens (tertiary/aromatic N) is 1. The first-order chi connectivity index (χ1) is 9.88. The Balaban J connectivity index is 2.04. The van der Waals surface area contributed by atoms with Crippen molar-refractivity contribution in [2.45, 2.75) is 76.3 Å². The molecule has 2 rings (SSSR count). The van der Waals surface area contributed by atoms with E-state index in [0.717, 1.165) is 51.4 Å². The van der Waals surface area contributed by atoms with E-state index in [1.54, 1.807) is 7.05 Å².